The Labute approximate surface area is 79.3 Å². The van der Waals surface area contributed by atoms with Crippen molar-refractivity contribution in [3.63, 3.8) is 0 Å². The third kappa shape index (κ3) is 1.20. The van der Waals surface area contributed by atoms with Gasteiger partial charge in [0.1, 0.15) is 5.69 Å². The van der Waals surface area contributed by atoms with Gasteiger partial charge in [-0.15, -0.1) is 5.10 Å². The second-order valence-electron chi connectivity index (χ2n) is 2.82. The molecule has 0 aliphatic carbocycles. The van der Waals surface area contributed by atoms with Crippen LogP contribution in [0.5, 0.6) is 0 Å². The van der Waals surface area contributed by atoms with E-state index in [0.717, 1.165) is 0 Å². The van der Waals surface area contributed by atoms with Gasteiger partial charge in [0.05, 0.1) is 5.69 Å². The molecule has 1 aromatic carbocycles. The lowest BCUT2D eigenvalue weighted by atomic mass is 10.2. The molecule has 0 saturated heterocycles. The molecule has 0 bridgehead atoms. The van der Waals surface area contributed by atoms with Crippen molar-refractivity contribution in [1.29, 1.82) is 0 Å². The molecule has 0 amide bonds. The Hall–Kier alpha value is -1.98. The molecule has 14 heavy (non-hydrogen) atoms. The Bertz CT molecular complexity index is 444. The molecule has 5 nitrogen and oxygen atoms in total. The van der Waals surface area contributed by atoms with Crippen LogP contribution >= 0.6 is 0 Å². The van der Waals surface area contributed by atoms with Gasteiger partial charge in [0.15, 0.2) is 11.6 Å². The van der Waals surface area contributed by atoms with Crippen molar-refractivity contribution < 1.29 is 4.39 Å². The maximum absolute atomic E-state index is 13.4. The molecular formula is C8H8FN5. The van der Waals surface area contributed by atoms with E-state index in [4.69, 9.17) is 5.73 Å². The van der Waals surface area contributed by atoms with Crippen LogP contribution in [0.3, 0.4) is 0 Å². The molecule has 0 aliphatic rings. The predicted octanol–water partition coefficient (Wildman–Crippen LogP) is 0.692. The number of hydrogen-bond donors (Lipinski definition) is 1. The van der Waals surface area contributed by atoms with Gasteiger partial charge in [-0.05, 0) is 29.5 Å². The van der Waals surface area contributed by atoms with Gasteiger partial charge < -0.3 is 5.73 Å². The number of aromatic nitrogens is 4. The van der Waals surface area contributed by atoms with Gasteiger partial charge >= 0.3 is 0 Å². The van der Waals surface area contributed by atoms with Crippen molar-refractivity contribution in [1.82, 2.24) is 20.2 Å². The molecule has 0 atom stereocenters. The summed E-state index contributed by atoms with van der Waals surface area (Å²) < 4.78 is 14.7. The summed E-state index contributed by atoms with van der Waals surface area (Å²) in [5.41, 5.74) is 6.12. The minimum absolute atomic E-state index is 0.190. The topological polar surface area (TPSA) is 69.6 Å². The Kier molecular flexibility index (Phi) is 1.88. The second-order valence-corrected chi connectivity index (χ2v) is 2.82. The fourth-order valence-electron chi connectivity index (χ4n) is 1.19. The third-order valence-electron chi connectivity index (χ3n) is 1.86. The maximum atomic E-state index is 13.4. The number of benzene rings is 1. The van der Waals surface area contributed by atoms with Gasteiger partial charge in [-0.25, -0.2) is 4.39 Å². The van der Waals surface area contributed by atoms with E-state index in [1.807, 2.05) is 0 Å². The molecule has 2 aromatic rings. The van der Waals surface area contributed by atoms with Crippen LogP contribution in [0.4, 0.5) is 10.1 Å². The fraction of sp³-hybridized carbons (Fsp3) is 0.125. The molecule has 0 saturated carbocycles. The average molecular weight is 193 g/mol. The van der Waals surface area contributed by atoms with Crippen LogP contribution in [0.2, 0.25) is 0 Å². The fourth-order valence-corrected chi connectivity index (χ4v) is 1.19. The lowest BCUT2D eigenvalue weighted by Crippen LogP contribution is -2.06. The lowest BCUT2D eigenvalue weighted by Gasteiger charge is -2.05. The van der Waals surface area contributed by atoms with Crippen LogP contribution in [0, 0.1) is 12.7 Å². The number of nitrogen functional groups attached to an aromatic ring is 1. The van der Waals surface area contributed by atoms with Gasteiger partial charge in [0.25, 0.3) is 0 Å². The first-order valence-electron chi connectivity index (χ1n) is 3.99. The van der Waals surface area contributed by atoms with Crippen molar-refractivity contribution in [3.8, 4) is 5.69 Å². The number of rotatable bonds is 1. The highest BCUT2D eigenvalue weighted by molar-refractivity contribution is 5.57. The zero-order chi connectivity index (χ0) is 10.1. The van der Waals surface area contributed by atoms with Crippen molar-refractivity contribution in [2.45, 2.75) is 6.92 Å². The lowest BCUT2D eigenvalue weighted by molar-refractivity contribution is 0.606. The Morgan fingerprint density at radius 1 is 1.43 bits per heavy atom. The highest BCUT2D eigenvalue weighted by atomic mass is 19.1. The molecular weight excluding hydrogens is 185 g/mol. The quantitative estimate of drug-likeness (QED) is 0.676. The molecule has 0 unspecified atom stereocenters. The summed E-state index contributed by atoms with van der Waals surface area (Å²) in [6.45, 7) is 1.67. The molecule has 0 fully saturated rings. The van der Waals surface area contributed by atoms with Gasteiger partial charge in [0.2, 0.25) is 0 Å². The van der Waals surface area contributed by atoms with Gasteiger partial charge in [0, 0.05) is 0 Å². The minimum Gasteiger partial charge on any atom is -0.397 e. The summed E-state index contributed by atoms with van der Waals surface area (Å²) in [6, 6.07) is 4.44. The summed E-state index contributed by atoms with van der Waals surface area (Å²) in [6.07, 6.45) is 0. The molecule has 72 valence electrons. The van der Waals surface area contributed by atoms with E-state index >= 15 is 0 Å². The highest BCUT2D eigenvalue weighted by Gasteiger charge is 2.11. The number of anilines is 1. The summed E-state index contributed by atoms with van der Waals surface area (Å²) >= 11 is 0. The Balaban J connectivity index is 2.68. The summed E-state index contributed by atoms with van der Waals surface area (Å²) in [5, 5.41) is 10.7. The molecule has 2 N–H and O–H groups in total. The third-order valence-corrected chi connectivity index (χ3v) is 1.86. The number of hydrogen-bond acceptors (Lipinski definition) is 4. The standard InChI is InChI=1S/C8H8FN5/c1-5-11-12-13-14(5)8-6(9)3-2-4-7(8)10/h2-4H,10H2,1H3. The maximum Gasteiger partial charge on any atom is 0.153 e. The zero-order valence-corrected chi connectivity index (χ0v) is 7.48. The number of para-hydroxylation sites is 1. The van der Waals surface area contributed by atoms with Crippen molar-refractivity contribution in [2.24, 2.45) is 0 Å². The minimum atomic E-state index is -0.444. The highest BCUT2D eigenvalue weighted by Crippen LogP contribution is 2.19. The largest absolute Gasteiger partial charge is 0.397 e. The van der Waals surface area contributed by atoms with Crippen LogP contribution in [-0.4, -0.2) is 20.2 Å². The van der Waals surface area contributed by atoms with Gasteiger partial charge in [-0.3, -0.25) is 0 Å². The number of aryl methyl sites for hydroxylation is 1. The first-order valence-corrected chi connectivity index (χ1v) is 3.99. The van der Waals surface area contributed by atoms with Gasteiger partial charge in [-0.2, -0.15) is 4.68 Å². The van der Waals surface area contributed by atoms with E-state index in [0.29, 0.717) is 11.5 Å². The number of tetrazole rings is 1. The number of nitrogens with two attached hydrogens (primary N) is 1. The zero-order valence-electron chi connectivity index (χ0n) is 7.48. The Morgan fingerprint density at radius 2 is 2.21 bits per heavy atom. The van der Waals surface area contributed by atoms with Crippen LogP contribution in [0.25, 0.3) is 5.69 Å². The van der Waals surface area contributed by atoms with Crippen LogP contribution in [0.15, 0.2) is 18.2 Å². The molecule has 1 heterocycles. The summed E-state index contributed by atoms with van der Waals surface area (Å²) in [5.74, 6) is 0.0437. The predicted molar refractivity (Wildman–Crippen MR) is 48.3 cm³/mol. The molecule has 1 aromatic heterocycles. The normalized spacial score (nSPS) is 10.4. The van der Waals surface area contributed by atoms with E-state index in [9.17, 15) is 4.39 Å². The van der Waals surface area contributed by atoms with E-state index in [-0.39, 0.29) is 5.69 Å². The van der Waals surface area contributed by atoms with E-state index < -0.39 is 5.82 Å². The summed E-state index contributed by atoms with van der Waals surface area (Å²) in [4.78, 5) is 0. The van der Waals surface area contributed by atoms with Crippen LogP contribution in [-0.2, 0) is 0 Å². The van der Waals surface area contributed by atoms with Gasteiger partial charge in [-0.1, -0.05) is 6.07 Å². The van der Waals surface area contributed by atoms with E-state index in [1.54, 1.807) is 13.0 Å². The van der Waals surface area contributed by atoms with E-state index in [2.05, 4.69) is 15.5 Å². The first kappa shape index (κ1) is 8.61. The molecule has 6 heteroatoms. The van der Waals surface area contributed by atoms with Crippen LogP contribution < -0.4 is 5.73 Å². The summed E-state index contributed by atoms with van der Waals surface area (Å²) in [7, 11) is 0. The Morgan fingerprint density at radius 3 is 2.79 bits per heavy atom. The van der Waals surface area contributed by atoms with Crippen molar-refractivity contribution >= 4 is 5.69 Å². The van der Waals surface area contributed by atoms with E-state index in [1.165, 1.54) is 16.8 Å². The smallest absolute Gasteiger partial charge is 0.153 e. The molecule has 2 rings (SSSR count). The second kappa shape index (κ2) is 3.06. The number of halogens is 1. The SMILES string of the molecule is Cc1nnnn1-c1c(N)cccc1F. The molecule has 0 aliphatic heterocycles. The first-order chi connectivity index (χ1) is 6.70. The van der Waals surface area contributed by atoms with Crippen molar-refractivity contribution in [3.05, 3.63) is 29.8 Å². The molecule has 0 radical (unpaired) electrons. The molecule has 0 spiro atoms. The number of nitrogens with zero attached hydrogens (tertiary/aromatic N) is 4. The van der Waals surface area contributed by atoms with Crippen molar-refractivity contribution in [2.75, 3.05) is 5.73 Å². The average Bonchev–Trinajstić information content (AvgIpc) is 2.52. The van der Waals surface area contributed by atoms with Crippen LogP contribution in [0.1, 0.15) is 5.82 Å². The monoisotopic (exact) mass is 193 g/mol.